The van der Waals surface area contributed by atoms with Gasteiger partial charge in [-0.3, -0.25) is 0 Å². The number of carbonyl (C=O) groups excluding carboxylic acids is 1. The van der Waals surface area contributed by atoms with E-state index in [1.165, 1.54) is 28.4 Å². The Bertz CT molecular complexity index is 887. The molecule has 2 atom stereocenters. The van der Waals surface area contributed by atoms with E-state index >= 15 is 0 Å². The van der Waals surface area contributed by atoms with Crippen molar-refractivity contribution in [3.05, 3.63) is 51.4 Å². The average molecular weight is 403 g/mol. The summed E-state index contributed by atoms with van der Waals surface area (Å²) in [6, 6.07) is 6.54. The van der Waals surface area contributed by atoms with Crippen LogP contribution in [0.3, 0.4) is 0 Å². The fourth-order valence-electron chi connectivity index (χ4n) is 2.81. The van der Waals surface area contributed by atoms with Gasteiger partial charge in [0.1, 0.15) is 11.1 Å². The number of amides is 2. The average Bonchev–Trinajstić information content (AvgIpc) is 3.04. The number of hydrogen-bond acceptors (Lipinski definition) is 4. The Kier molecular flexibility index (Phi) is 5.04. The Labute approximate surface area is 154 Å². The van der Waals surface area contributed by atoms with Gasteiger partial charge in [-0.25, -0.2) is 17.6 Å². The molecule has 1 aromatic carbocycles. The lowest BCUT2D eigenvalue weighted by atomic mass is 10.2. The van der Waals surface area contributed by atoms with Gasteiger partial charge >= 0.3 is 6.03 Å². The molecule has 134 valence electrons. The van der Waals surface area contributed by atoms with E-state index in [-0.39, 0.29) is 17.3 Å². The molecule has 25 heavy (non-hydrogen) atoms. The maximum atomic E-state index is 13.2. The van der Waals surface area contributed by atoms with Gasteiger partial charge in [0.2, 0.25) is 0 Å². The van der Waals surface area contributed by atoms with Gasteiger partial charge in [-0.15, -0.1) is 11.3 Å². The monoisotopic (exact) mass is 402 g/mol. The first-order chi connectivity index (χ1) is 11.8. The zero-order valence-corrected chi connectivity index (χ0v) is 15.7. The summed E-state index contributed by atoms with van der Waals surface area (Å²) < 4.78 is 38.2. The highest BCUT2D eigenvalue weighted by molar-refractivity contribution is 7.91. The smallest absolute Gasteiger partial charge is 0.319 e. The van der Waals surface area contributed by atoms with Gasteiger partial charge in [-0.2, -0.15) is 0 Å². The Hall–Kier alpha value is -1.64. The zero-order chi connectivity index (χ0) is 18.2. The van der Waals surface area contributed by atoms with Crippen LogP contribution >= 0.6 is 22.9 Å². The van der Waals surface area contributed by atoms with Crippen molar-refractivity contribution in [1.29, 1.82) is 0 Å². The second kappa shape index (κ2) is 6.93. The molecule has 1 aliphatic rings. The third kappa shape index (κ3) is 3.80. The molecule has 0 unspecified atom stereocenters. The van der Waals surface area contributed by atoms with E-state index in [1.807, 2.05) is 5.38 Å². The normalized spacial score (nSPS) is 22.6. The second-order valence-corrected chi connectivity index (χ2v) is 9.51. The van der Waals surface area contributed by atoms with E-state index < -0.39 is 33.0 Å². The number of carbonyl (C=O) groups is 1. The molecule has 1 saturated heterocycles. The maximum Gasteiger partial charge on any atom is 0.322 e. The maximum absolute atomic E-state index is 13.2. The molecular formula is C16H16ClFN2O3S2. The molecule has 1 aromatic heterocycles. The number of hydrogen-bond donors (Lipinski definition) is 1. The lowest BCUT2D eigenvalue weighted by Crippen LogP contribution is -2.52. The van der Waals surface area contributed by atoms with Crippen LogP contribution in [-0.4, -0.2) is 37.7 Å². The first-order valence-corrected chi connectivity index (χ1v) is 10.5. The molecular weight excluding hydrogens is 387 g/mol. The molecule has 0 bridgehead atoms. The minimum Gasteiger partial charge on any atom is -0.319 e. The molecule has 0 radical (unpaired) electrons. The molecule has 0 spiro atoms. The van der Waals surface area contributed by atoms with Crippen LogP contribution in [0.5, 0.6) is 0 Å². The molecule has 9 heteroatoms. The predicted molar refractivity (Wildman–Crippen MR) is 97.4 cm³/mol. The van der Waals surface area contributed by atoms with Gasteiger partial charge in [0, 0.05) is 23.2 Å². The molecule has 1 N–H and O–H groups in total. The topological polar surface area (TPSA) is 66.5 Å². The molecule has 2 aromatic rings. The fraction of sp³-hybridized carbons (Fsp3) is 0.312. The Morgan fingerprint density at radius 1 is 1.40 bits per heavy atom. The SMILES string of the molecule is C[C@@H]1CS(=O)(=O)[C@@H](c2cccs2)CN1C(=O)Nc1ccc(F)c(Cl)c1. The summed E-state index contributed by atoms with van der Waals surface area (Å²) in [5.74, 6) is -0.678. The van der Waals surface area contributed by atoms with Crippen LogP contribution in [0.15, 0.2) is 35.7 Å². The first kappa shape index (κ1) is 18.2. The van der Waals surface area contributed by atoms with Crippen molar-refractivity contribution in [2.45, 2.75) is 18.2 Å². The highest BCUT2D eigenvalue weighted by Crippen LogP contribution is 2.33. The van der Waals surface area contributed by atoms with Crippen LogP contribution in [0.4, 0.5) is 14.9 Å². The van der Waals surface area contributed by atoms with Crippen molar-refractivity contribution in [3.8, 4) is 0 Å². The van der Waals surface area contributed by atoms with E-state index in [9.17, 15) is 17.6 Å². The van der Waals surface area contributed by atoms with Gasteiger partial charge in [-0.05, 0) is 36.6 Å². The summed E-state index contributed by atoms with van der Waals surface area (Å²) in [5, 5.41) is 3.64. The predicted octanol–water partition coefficient (Wildman–Crippen LogP) is 3.93. The molecule has 0 saturated carbocycles. The van der Waals surface area contributed by atoms with Gasteiger partial charge in [0.05, 0.1) is 10.8 Å². The lowest BCUT2D eigenvalue weighted by molar-refractivity contribution is 0.193. The van der Waals surface area contributed by atoms with E-state index in [0.717, 1.165) is 10.9 Å². The summed E-state index contributed by atoms with van der Waals surface area (Å²) in [6.07, 6.45) is 0. The van der Waals surface area contributed by atoms with Gasteiger partial charge < -0.3 is 10.2 Å². The van der Waals surface area contributed by atoms with Crippen LogP contribution in [-0.2, 0) is 9.84 Å². The number of halogens is 2. The molecule has 1 fully saturated rings. The molecule has 5 nitrogen and oxygen atoms in total. The number of anilines is 1. The quantitative estimate of drug-likeness (QED) is 0.827. The Morgan fingerprint density at radius 3 is 2.80 bits per heavy atom. The zero-order valence-electron chi connectivity index (χ0n) is 13.3. The van der Waals surface area contributed by atoms with Crippen LogP contribution < -0.4 is 5.32 Å². The third-order valence-corrected chi connectivity index (χ3v) is 7.74. The first-order valence-electron chi connectivity index (χ1n) is 7.55. The van der Waals surface area contributed by atoms with Crippen molar-refractivity contribution in [2.24, 2.45) is 0 Å². The summed E-state index contributed by atoms with van der Waals surface area (Å²) in [6.45, 7) is 1.77. The van der Waals surface area contributed by atoms with Crippen LogP contribution in [0.25, 0.3) is 0 Å². The molecule has 2 amide bonds. The molecule has 3 rings (SSSR count). The summed E-state index contributed by atoms with van der Waals surface area (Å²) in [4.78, 5) is 14.8. The number of nitrogens with one attached hydrogen (secondary N) is 1. The van der Waals surface area contributed by atoms with Gasteiger partial charge in [0.25, 0.3) is 0 Å². The van der Waals surface area contributed by atoms with Crippen LogP contribution in [0.2, 0.25) is 5.02 Å². The van der Waals surface area contributed by atoms with Crippen molar-refractivity contribution >= 4 is 44.5 Å². The minimum absolute atomic E-state index is 0.0742. The third-order valence-electron chi connectivity index (χ3n) is 4.09. The Balaban J connectivity index is 1.80. The van der Waals surface area contributed by atoms with Crippen LogP contribution in [0, 0.1) is 5.82 Å². The van der Waals surface area contributed by atoms with Crippen molar-refractivity contribution in [2.75, 3.05) is 17.6 Å². The number of rotatable bonds is 2. The molecule has 0 aliphatic carbocycles. The van der Waals surface area contributed by atoms with Crippen molar-refractivity contribution in [3.63, 3.8) is 0 Å². The molecule has 1 aliphatic heterocycles. The minimum atomic E-state index is -3.33. The standard InChI is InChI=1S/C16H16ClFN2O3S2/c1-10-9-25(22,23)15(14-3-2-6-24-14)8-20(10)16(21)19-11-4-5-13(18)12(17)7-11/h2-7,10,15H,8-9H2,1H3,(H,19,21)/t10-,15-/m1/s1. The number of sulfone groups is 1. The number of benzene rings is 1. The van der Waals surface area contributed by atoms with Crippen molar-refractivity contribution in [1.82, 2.24) is 4.90 Å². The summed E-state index contributed by atoms with van der Waals surface area (Å²) >= 11 is 7.08. The lowest BCUT2D eigenvalue weighted by Gasteiger charge is -2.37. The van der Waals surface area contributed by atoms with E-state index in [2.05, 4.69) is 5.32 Å². The van der Waals surface area contributed by atoms with Gasteiger partial charge in [0.15, 0.2) is 9.84 Å². The highest BCUT2D eigenvalue weighted by atomic mass is 35.5. The number of urea groups is 1. The van der Waals surface area contributed by atoms with E-state index in [4.69, 9.17) is 11.6 Å². The van der Waals surface area contributed by atoms with Crippen LogP contribution in [0.1, 0.15) is 17.1 Å². The summed E-state index contributed by atoms with van der Waals surface area (Å²) in [7, 11) is -3.33. The highest BCUT2D eigenvalue weighted by Gasteiger charge is 2.40. The Morgan fingerprint density at radius 2 is 2.16 bits per heavy atom. The number of thiophene rings is 1. The van der Waals surface area contributed by atoms with Crippen molar-refractivity contribution < 1.29 is 17.6 Å². The van der Waals surface area contributed by atoms with Gasteiger partial charge in [-0.1, -0.05) is 17.7 Å². The second-order valence-electron chi connectivity index (χ2n) is 5.89. The largest absolute Gasteiger partial charge is 0.322 e. The summed E-state index contributed by atoms with van der Waals surface area (Å²) in [5.41, 5.74) is 0.352. The molecule has 2 heterocycles. The fourth-order valence-corrected chi connectivity index (χ4v) is 6.20. The van der Waals surface area contributed by atoms with E-state index in [0.29, 0.717) is 5.69 Å². The van der Waals surface area contributed by atoms with E-state index in [1.54, 1.807) is 19.1 Å². The number of nitrogens with zero attached hydrogens (tertiary/aromatic N) is 1.